The van der Waals surface area contributed by atoms with Gasteiger partial charge in [-0.15, -0.1) is 0 Å². The van der Waals surface area contributed by atoms with Crippen LogP contribution in [0.25, 0.3) is 0 Å². The van der Waals surface area contributed by atoms with Crippen molar-refractivity contribution in [1.82, 2.24) is 5.32 Å². The maximum Gasteiger partial charge on any atom is 0.0208 e. The number of hydrogen-bond donors (Lipinski definition) is 1. The maximum absolute atomic E-state index is 3.67. The second-order valence-corrected chi connectivity index (χ2v) is 6.15. The Morgan fingerprint density at radius 2 is 2.06 bits per heavy atom. The SMILES string of the molecule is Cc1ccc(CN[C@@H](C)C2CCCC2)cc1Br. The van der Waals surface area contributed by atoms with Crippen molar-refractivity contribution in [2.24, 2.45) is 5.92 Å². The number of hydrogen-bond acceptors (Lipinski definition) is 1. The summed E-state index contributed by atoms with van der Waals surface area (Å²) in [4.78, 5) is 0. The Hall–Kier alpha value is -0.340. The molecule has 1 nitrogen and oxygen atoms in total. The van der Waals surface area contributed by atoms with E-state index in [0.29, 0.717) is 6.04 Å². The van der Waals surface area contributed by atoms with Gasteiger partial charge in [0.15, 0.2) is 0 Å². The Bertz CT molecular complexity index is 369. The molecule has 0 heterocycles. The van der Waals surface area contributed by atoms with Crippen molar-refractivity contribution in [3.63, 3.8) is 0 Å². The molecule has 1 atom stereocenters. The molecule has 2 heteroatoms. The van der Waals surface area contributed by atoms with E-state index in [1.165, 1.54) is 41.3 Å². The molecule has 1 aromatic carbocycles. The lowest BCUT2D eigenvalue weighted by atomic mass is 9.99. The zero-order valence-electron chi connectivity index (χ0n) is 10.8. The summed E-state index contributed by atoms with van der Waals surface area (Å²) in [6.07, 6.45) is 5.66. The molecule has 2 rings (SSSR count). The minimum absolute atomic E-state index is 0.651. The highest BCUT2D eigenvalue weighted by Gasteiger charge is 2.20. The number of aryl methyl sites for hydroxylation is 1. The van der Waals surface area contributed by atoms with Crippen molar-refractivity contribution in [2.45, 2.75) is 52.1 Å². The first-order valence-corrected chi connectivity index (χ1v) is 7.44. The lowest BCUT2D eigenvalue weighted by Gasteiger charge is -2.20. The predicted octanol–water partition coefficient (Wildman–Crippen LogP) is 4.43. The standard InChI is InChI=1S/C15H22BrN/c1-11-7-8-13(9-15(11)16)10-17-12(2)14-5-3-4-6-14/h7-9,12,14,17H,3-6,10H2,1-2H3/t12-/m0/s1. The molecule has 1 saturated carbocycles. The van der Waals surface area contributed by atoms with Crippen molar-refractivity contribution in [2.75, 3.05) is 0 Å². The van der Waals surface area contributed by atoms with E-state index in [4.69, 9.17) is 0 Å². The first-order valence-electron chi connectivity index (χ1n) is 6.65. The fraction of sp³-hybridized carbons (Fsp3) is 0.600. The molecule has 0 saturated heterocycles. The highest BCUT2D eigenvalue weighted by atomic mass is 79.9. The summed E-state index contributed by atoms with van der Waals surface area (Å²) in [5.74, 6) is 0.892. The third kappa shape index (κ3) is 3.56. The Morgan fingerprint density at radius 3 is 2.71 bits per heavy atom. The quantitative estimate of drug-likeness (QED) is 0.867. The van der Waals surface area contributed by atoms with Crippen LogP contribution in [-0.4, -0.2) is 6.04 Å². The minimum atomic E-state index is 0.651. The topological polar surface area (TPSA) is 12.0 Å². The van der Waals surface area contributed by atoms with Gasteiger partial charge < -0.3 is 5.32 Å². The molecule has 1 fully saturated rings. The van der Waals surface area contributed by atoms with E-state index in [9.17, 15) is 0 Å². The van der Waals surface area contributed by atoms with E-state index in [1.807, 2.05) is 0 Å². The monoisotopic (exact) mass is 295 g/mol. The molecular formula is C15H22BrN. The highest BCUT2D eigenvalue weighted by Crippen LogP contribution is 2.27. The summed E-state index contributed by atoms with van der Waals surface area (Å²) in [6.45, 7) is 5.44. The molecular weight excluding hydrogens is 274 g/mol. The lowest BCUT2D eigenvalue weighted by Crippen LogP contribution is -2.31. The highest BCUT2D eigenvalue weighted by molar-refractivity contribution is 9.10. The smallest absolute Gasteiger partial charge is 0.0208 e. The van der Waals surface area contributed by atoms with Gasteiger partial charge in [0.1, 0.15) is 0 Å². The Morgan fingerprint density at radius 1 is 1.35 bits per heavy atom. The number of halogens is 1. The van der Waals surface area contributed by atoms with Gasteiger partial charge in [0, 0.05) is 17.1 Å². The van der Waals surface area contributed by atoms with Crippen LogP contribution in [0.3, 0.4) is 0 Å². The van der Waals surface area contributed by atoms with Crippen LogP contribution in [0.2, 0.25) is 0 Å². The molecule has 1 aliphatic carbocycles. The average molecular weight is 296 g/mol. The van der Waals surface area contributed by atoms with E-state index in [0.717, 1.165) is 12.5 Å². The van der Waals surface area contributed by atoms with Gasteiger partial charge in [-0.05, 0) is 49.8 Å². The van der Waals surface area contributed by atoms with Crippen molar-refractivity contribution in [3.8, 4) is 0 Å². The summed E-state index contributed by atoms with van der Waals surface area (Å²) in [5.41, 5.74) is 2.67. The van der Waals surface area contributed by atoms with Crippen LogP contribution >= 0.6 is 15.9 Å². The zero-order valence-corrected chi connectivity index (χ0v) is 12.4. The van der Waals surface area contributed by atoms with E-state index in [-0.39, 0.29) is 0 Å². The number of rotatable bonds is 4. The second-order valence-electron chi connectivity index (χ2n) is 5.30. The molecule has 0 aliphatic heterocycles. The third-order valence-electron chi connectivity index (χ3n) is 3.97. The number of benzene rings is 1. The van der Waals surface area contributed by atoms with Gasteiger partial charge in [-0.2, -0.15) is 0 Å². The predicted molar refractivity (Wildman–Crippen MR) is 77.1 cm³/mol. The fourth-order valence-electron chi connectivity index (χ4n) is 2.65. The van der Waals surface area contributed by atoms with Gasteiger partial charge in [0.25, 0.3) is 0 Å². The molecule has 94 valence electrons. The van der Waals surface area contributed by atoms with Crippen molar-refractivity contribution in [1.29, 1.82) is 0 Å². The molecule has 1 aliphatic rings. The van der Waals surface area contributed by atoms with Crippen LogP contribution in [0.1, 0.15) is 43.7 Å². The minimum Gasteiger partial charge on any atom is -0.310 e. The van der Waals surface area contributed by atoms with Gasteiger partial charge >= 0.3 is 0 Å². The first-order chi connectivity index (χ1) is 8.16. The summed E-state index contributed by atoms with van der Waals surface area (Å²) >= 11 is 3.59. The second kappa shape index (κ2) is 6.01. The largest absolute Gasteiger partial charge is 0.310 e. The molecule has 0 spiro atoms. The molecule has 1 aromatic rings. The van der Waals surface area contributed by atoms with E-state index in [1.54, 1.807) is 0 Å². The fourth-order valence-corrected chi connectivity index (χ4v) is 3.08. The van der Waals surface area contributed by atoms with Crippen LogP contribution in [0, 0.1) is 12.8 Å². The Balaban J connectivity index is 1.86. The molecule has 0 radical (unpaired) electrons. The molecule has 17 heavy (non-hydrogen) atoms. The van der Waals surface area contributed by atoms with Crippen molar-refractivity contribution in [3.05, 3.63) is 33.8 Å². The van der Waals surface area contributed by atoms with Gasteiger partial charge in [-0.1, -0.05) is 40.9 Å². The average Bonchev–Trinajstić information content (AvgIpc) is 2.84. The van der Waals surface area contributed by atoms with Crippen molar-refractivity contribution >= 4 is 15.9 Å². The molecule has 0 bridgehead atoms. The normalized spacial score (nSPS) is 18.5. The van der Waals surface area contributed by atoms with Crippen LogP contribution in [0.15, 0.2) is 22.7 Å². The van der Waals surface area contributed by atoms with E-state index in [2.05, 4.69) is 53.3 Å². The Labute approximate surface area is 113 Å². The molecule has 0 aromatic heterocycles. The van der Waals surface area contributed by atoms with Crippen LogP contribution in [0.5, 0.6) is 0 Å². The lowest BCUT2D eigenvalue weighted by molar-refractivity contribution is 0.380. The molecule has 1 N–H and O–H groups in total. The summed E-state index contributed by atoms with van der Waals surface area (Å²) in [6, 6.07) is 7.28. The van der Waals surface area contributed by atoms with Gasteiger partial charge in [0.05, 0.1) is 0 Å². The maximum atomic E-state index is 3.67. The van der Waals surface area contributed by atoms with Gasteiger partial charge in [-0.25, -0.2) is 0 Å². The molecule has 0 amide bonds. The first kappa shape index (κ1) is 13.1. The van der Waals surface area contributed by atoms with E-state index < -0.39 is 0 Å². The summed E-state index contributed by atoms with van der Waals surface area (Å²) in [7, 11) is 0. The third-order valence-corrected chi connectivity index (χ3v) is 4.83. The Kier molecular flexibility index (Phi) is 4.63. The number of nitrogens with one attached hydrogen (secondary N) is 1. The van der Waals surface area contributed by atoms with Crippen molar-refractivity contribution < 1.29 is 0 Å². The summed E-state index contributed by atoms with van der Waals surface area (Å²) in [5, 5.41) is 3.67. The van der Waals surface area contributed by atoms with Gasteiger partial charge in [-0.3, -0.25) is 0 Å². The van der Waals surface area contributed by atoms with E-state index >= 15 is 0 Å². The van der Waals surface area contributed by atoms with Crippen LogP contribution in [-0.2, 0) is 6.54 Å². The van der Waals surface area contributed by atoms with Gasteiger partial charge in [0.2, 0.25) is 0 Å². The summed E-state index contributed by atoms with van der Waals surface area (Å²) < 4.78 is 1.21. The molecule has 0 unspecified atom stereocenters. The van der Waals surface area contributed by atoms with Crippen LogP contribution in [0.4, 0.5) is 0 Å². The van der Waals surface area contributed by atoms with Crippen LogP contribution < -0.4 is 5.32 Å². The zero-order chi connectivity index (χ0) is 12.3.